The van der Waals surface area contributed by atoms with Gasteiger partial charge < -0.3 is 24.1 Å². The first-order valence-corrected chi connectivity index (χ1v) is 12.6. The summed E-state index contributed by atoms with van der Waals surface area (Å²) in [5.41, 5.74) is 0.751. The maximum absolute atomic E-state index is 13.0. The van der Waals surface area contributed by atoms with Crippen molar-refractivity contribution in [2.75, 3.05) is 33.5 Å². The first-order valence-electron chi connectivity index (χ1n) is 12.6. The minimum Gasteiger partial charge on any atom is -0.497 e. The fourth-order valence-electron chi connectivity index (χ4n) is 5.02. The lowest BCUT2D eigenvalue weighted by Gasteiger charge is -2.33. The molecule has 1 saturated heterocycles. The molecule has 1 N–H and O–H groups in total. The molecule has 2 heterocycles. The fourth-order valence-corrected chi connectivity index (χ4v) is 5.02. The molecule has 0 unspecified atom stereocenters. The Hall–Kier alpha value is -2.77. The summed E-state index contributed by atoms with van der Waals surface area (Å²) in [6, 6.07) is 13.8. The maximum Gasteiger partial charge on any atom is 0.161 e. The average molecular weight is 500 g/mol. The maximum atomic E-state index is 13.0. The highest BCUT2D eigenvalue weighted by Gasteiger charge is 2.33. The molecular formula is C29H41NO6. The Morgan fingerprint density at radius 3 is 2.33 bits per heavy atom. The number of hydrogen-bond acceptors (Lipinski definition) is 7. The number of carbonyl (C=O) groups excluding carboxylic acids is 1. The van der Waals surface area contributed by atoms with Crippen molar-refractivity contribution in [3.63, 3.8) is 0 Å². The molecule has 0 spiro atoms. The largest absolute Gasteiger partial charge is 0.497 e. The smallest absolute Gasteiger partial charge is 0.161 e. The molecule has 7 nitrogen and oxygen atoms in total. The van der Waals surface area contributed by atoms with Crippen molar-refractivity contribution in [1.82, 2.24) is 4.90 Å². The van der Waals surface area contributed by atoms with Crippen molar-refractivity contribution in [1.29, 1.82) is 0 Å². The Kier molecular flexibility index (Phi) is 10.0. The highest BCUT2D eigenvalue weighted by molar-refractivity contribution is 5.78. The molecule has 2 aromatic carbocycles. The summed E-state index contributed by atoms with van der Waals surface area (Å²) in [6.07, 6.45) is 2.08. The number of carbonyl (C=O) groups is 1. The molecule has 0 radical (unpaired) electrons. The molecule has 0 bridgehead atoms. The van der Waals surface area contributed by atoms with Crippen LogP contribution in [0.3, 0.4) is 0 Å². The highest BCUT2D eigenvalue weighted by atomic mass is 16.6. The van der Waals surface area contributed by atoms with Gasteiger partial charge in [0, 0.05) is 37.4 Å². The Morgan fingerprint density at radius 2 is 1.67 bits per heavy atom. The molecular weight excluding hydrogens is 458 g/mol. The number of ketones is 1. The van der Waals surface area contributed by atoms with E-state index >= 15 is 0 Å². The van der Waals surface area contributed by atoms with Gasteiger partial charge in [-0.3, -0.25) is 9.69 Å². The molecule has 2 aliphatic rings. The van der Waals surface area contributed by atoms with Crippen LogP contribution in [0.5, 0.6) is 23.0 Å². The van der Waals surface area contributed by atoms with E-state index in [1.165, 1.54) is 0 Å². The van der Waals surface area contributed by atoms with E-state index in [9.17, 15) is 9.90 Å². The molecule has 4 rings (SSSR count). The summed E-state index contributed by atoms with van der Waals surface area (Å²) in [5.74, 6) is 2.65. The van der Waals surface area contributed by atoms with Gasteiger partial charge in [0.25, 0.3) is 0 Å². The lowest BCUT2D eigenvalue weighted by Crippen LogP contribution is -2.39. The number of nitrogens with zero attached hydrogens (tertiary/aromatic N) is 1. The molecule has 0 amide bonds. The Morgan fingerprint density at radius 1 is 1.03 bits per heavy atom. The lowest BCUT2D eigenvalue weighted by atomic mass is 9.89. The SMILES string of the molecule is C.COc1ccc(OCCC(=O)C[C@H](CN2[C@H](C)CC[C@H]2C)[C@H](O)c2ccc3c(c2)OCCO3)cc1. The standard InChI is InChI=1S/C28H37NO6.CH4/c1-19-4-5-20(2)29(19)18-22(28(31)21-6-11-26-27(17-21)35-15-14-34-26)16-23(30)12-13-33-25-9-7-24(32-3)8-10-25;/h6-11,17,19-20,22,28,31H,4-5,12-16,18H2,1-3H3;1H4/t19-,20-,22-,28-;/m1./s1. The number of rotatable bonds is 11. The number of methoxy groups -OCH3 is 1. The molecule has 0 aliphatic carbocycles. The van der Waals surface area contributed by atoms with Crippen LogP contribution in [0.1, 0.15) is 58.6 Å². The van der Waals surface area contributed by atoms with Crippen LogP contribution in [-0.4, -0.2) is 61.3 Å². The average Bonchev–Trinajstić information content (AvgIpc) is 3.20. The van der Waals surface area contributed by atoms with Crippen LogP contribution in [0.25, 0.3) is 0 Å². The van der Waals surface area contributed by atoms with Gasteiger partial charge in [-0.05, 0) is 68.7 Å². The number of hydrogen-bond donors (Lipinski definition) is 1. The van der Waals surface area contributed by atoms with Crippen LogP contribution in [0.15, 0.2) is 42.5 Å². The van der Waals surface area contributed by atoms with Crippen LogP contribution in [-0.2, 0) is 4.79 Å². The zero-order valence-corrected chi connectivity index (χ0v) is 20.9. The monoisotopic (exact) mass is 499 g/mol. The Bertz CT molecular complexity index is 968. The third-order valence-electron chi connectivity index (χ3n) is 7.13. The van der Waals surface area contributed by atoms with Crippen LogP contribution < -0.4 is 18.9 Å². The molecule has 0 saturated carbocycles. The summed E-state index contributed by atoms with van der Waals surface area (Å²) >= 11 is 0. The minimum absolute atomic E-state index is 0. The van der Waals surface area contributed by atoms with E-state index in [4.69, 9.17) is 18.9 Å². The number of likely N-dealkylation sites (tertiary alicyclic amines) is 1. The van der Waals surface area contributed by atoms with Crippen LogP contribution in [0.2, 0.25) is 0 Å². The fraction of sp³-hybridized carbons (Fsp3) is 0.552. The summed E-state index contributed by atoms with van der Waals surface area (Å²) in [5, 5.41) is 11.4. The Labute approximate surface area is 215 Å². The third-order valence-corrected chi connectivity index (χ3v) is 7.13. The van der Waals surface area contributed by atoms with Gasteiger partial charge in [0.1, 0.15) is 30.5 Å². The zero-order valence-electron chi connectivity index (χ0n) is 20.9. The van der Waals surface area contributed by atoms with Gasteiger partial charge in [-0.25, -0.2) is 0 Å². The van der Waals surface area contributed by atoms with Gasteiger partial charge in [-0.2, -0.15) is 0 Å². The van der Waals surface area contributed by atoms with Crippen molar-refractivity contribution in [2.45, 2.75) is 65.1 Å². The predicted molar refractivity (Wildman–Crippen MR) is 140 cm³/mol. The van der Waals surface area contributed by atoms with Gasteiger partial charge in [0.05, 0.1) is 19.8 Å². The van der Waals surface area contributed by atoms with Crippen molar-refractivity contribution in [3.8, 4) is 23.0 Å². The van der Waals surface area contributed by atoms with E-state index < -0.39 is 6.10 Å². The molecule has 0 aromatic heterocycles. The van der Waals surface area contributed by atoms with E-state index in [1.54, 1.807) is 7.11 Å². The van der Waals surface area contributed by atoms with Crippen LogP contribution in [0, 0.1) is 5.92 Å². The van der Waals surface area contributed by atoms with Gasteiger partial charge in [0.15, 0.2) is 11.5 Å². The number of aliphatic hydroxyl groups is 1. The number of fused-ring (bicyclic) bond motifs is 1. The summed E-state index contributed by atoms with van der Waals surface area (Å²) in [6.45, 7) is 6.43. The molecule has 2 aromatic rings. The molecule has 2 aliphatic heterocycles. The second-order valence-corrected chi connectivity index (χ2v) is 9.60. The van der Waals surface area contributed by atoms with Crippen LogP contribution in [0.4, 0.5) is 0 Å². The second-order valence-electron chi connectivity index (χ2n) is 9.60. The first-order chi connectivity index (χ1) is 16.9. The molecule has 198 valence electrons. The van der Waals surface area contributed by atoms with E-state index in [0.717, 1.165) is 24.2 Å². The number of ether oxygens (including phenoxy) is 4. The topological polar surface area (TPSA) is 77.5 Å². The summed E-state index contributed by atoms with van der Waals surface area (Å²) in [4.78, 5) is 15.4. The number of Topliss-reactive ketones (excluding diaryl/α,β-unsaturated/α-hetero) is 1. The van der Waals surface area contributed by atoms with Crippen molar-refractivity contribution in [2.24, 2.45) is 5.92 Å². The van der Waals surface area contributed by atoms with E-state index in [-0.39, 0.29) is 25.5 Å². The molecule has 1 fully saturated rings. The van der Waals surface area contributed by atoms with Crippen LogP contribution >= 0.6 is 0 Å². The van der Waals surface area contributed by atoms with Crippen molar-refractivity contribution < 1.29 is 28.8 Å². The zero-order chi connectivity index (χ0) is 24.8. The van der Waals surface area contributed by atoms with E-state index in [2.05, 4.69) is 18.7 Å². The lowest BCUT2D eigenvalue weighted by molar-refractivity contribution is -0.121. The summed E-state index contributed by atoms with van der Waals surface area (Å²) in [7, 11) is 1.62. The second kappa shape index (κ2) is 13.0. The normalized spacial score (nSPS) is 20.8. The van der Waals surface area contributed by atoms with Gasteiger partial charge in [0.2, 0.25) is 0 Å². The third kappa shape index (κ3) is 6.92. The molecule has 7 heteroatoms. The minimum atomic E-state index is -0.780. The van der Waals surface area contributed by atoms with Gasteiger partial charge in [-0.15, -0.1) is 0 Å². The van der Waals surface area contributed by atoms with Crippen molar-refractivity contribution >= 4 is 5.78 Å². The number of aliphatic hydroxyl groups excluding tert-OH is 1. The molecule has 4 atom stereocenters. The summed E-state index contributed by atoms with van der Waals surface area (Å²) < 4.78 is 22.3. The van der Waals surface area contributed by atoms with Gasteiger partial charge in [-0.1, -0.05) is 13.5 Å². The van der Waals surface area contributed by atoms with E-state index in [0.29, 0.717) is 62.1 Å². The number of benzene rings is 2. The first kappa shape index (κ1) is 27.8. The highest BCUT2D eigenvalue weighted by Crippen LogP contribution is 2.36. The van der Waals surface area contributed by atoms with Gasteiger partial charge >= 0.3 is 0 Å². The van der Waals surface area contributed by atoms with Crippen molar-refractivity contribution in [3.05, 3.63) is 48.0 Å². The predicted octanol–water partition coefficient (Wildman–Crippen LogP) is 5.05. The molecule has 36 heavy (non-hydrogen) atoms. The van der Waals surface area contributed by atoms with E-state index in [1.807, 2.05) is 42.5 Å². The Balaban J connectivity index is 0.00000361. The quantitative estimate of drug-likeness (QED) is 0.463.